The van der Waals surface area contributed by atoms with Gasteiger partial charge >= 0.3 is 0 Å². The average molecular weight is 271 g/mol. The van der Waals surface area contributed by atoms with Gasteiger partial charge in [0.05, 0.1) is 0 Å². The Morgan fingerprint density at radius 1 is 1.25 bits per heavy atom. The van der Waals surface area contributed by atoms with Crippen molar-refractivity contribution in [3.05, 3.63) is 36.0 Å². The molecule has 3 rings (SSSR count). The minimum Gasteiger partial charge on any atom is -0.361 e. The first-order valence-corrected chi connectivity index (χ1v) is 7.84. The predicted octanol–water partition coefficient (Wildman–Crippen LogP) is 2.99. The summed E-state index contributed by atoms with van der Waals surface area (Å²) in [5.74, 6) is 0.854. The van der Waals surface area contributed by atoms with Crippen molar-refractivity contribution in [2.75, 3.05) is 26.2 Å². The normalized spacial score (nSPS) is 17.9. The number of aromatic nitrogens is 1. The quantitative estimate of drug-likeness (QED) is 0.876. The molecule has 0 aliphatic carbocycles. The van der Waals surface area contributed by atoms with Crippen molar-refractivity contribution in [3.63, 3.8) is 0 Å². The van der Waals surface area contributed by atoms with E-state index in [1.807, 2.05) is 6.20 Å². The predicted molar refractivity (Wildman–Crippen MR) is 84.8 cm³/mol. The highest BCUT2D eigenvalue weighted by molar-refractivity contribution is 5.79. The smallest absolute Gasteiger partial charge is 0.0457 e. The molecule has 0 amide bonds. The average Bonchev–Trinajstić information content (AvgIpc) is 2.95. The first-order chi connectivity index (χ1) is 9.85. The maximum Gasteiger partial charge on any atom is 0.0457 e. The number of likely N-dealkylation sites (tertiary alicyclic amines) is 1. The van der Waals surface area contributed by atoms with E-state index in [2.05, 4.69) is 46.4 Å². The van der Waals surface area contributed by atoms with Gasteiger partial charge in [-0.3, -0.25) is 0 Å². The number of H-pyrrole nitrogens is 1. The summed E-state index contributed by atoms with van der Waals surface area (Å²) in [6.45, 7) is 8.14. The largest absolute Gasteiger partial charge is 0.361 e. The molecule has 2 N–H and O–H groups in total. The number of hydrogen-bond acceptors (Lipinski definition) is 2. The minimum absolute atomic E-state index is 0.854. The van der Waals surface area contributed by atoms with Gasteiger partial charge in [-0.2, -0.15) is 0 Å². The Morgan fingerprint density at radius 3 is 2.90 bits per heavy atom. The van der Waals surface area contributed by atoms with E-state index in [1.54, 1.807) is 0 Å². The van der Waals surface area contributed by atoms with Crippen molar-refractivity contribution >= 4 is 10.9 Å². The summed E-state index contributed by atoms with van der Waals surface area (Å²) in [7, 11) is 0. The van der Waals surface area contributed by atoms with Gasteiger partial charge in [0, 0.05) is 18.3 Å². The second-order valence-electron chi connectivity index (χ2n) is 5.91. The molecule has 1 fully saturated rings. The molecule has 0 radical (unpaired) electrons. The van der Waals surface area contributed by atoms with Gasteiger partial charge in [-0.05, 0) is 68.0 Å². The van der Waals surface area contributed by atoms with Crippen LogP contribution in [0.2, 0.25) is 0 Å². The van der Waals surface area contributed by atoms with Crippen LogP contribution in [0.3, 0.4) is 0 Å². The molecule has 20 heavy (non-hydrogen) atoms. The standard InChI is InChI=1S/C17H25N3/c1-2-20-9-6-14(7-10-20)12-18-13-15-3-4-16-5-8-19-17(16)11-15/h3-5,8,11,14,18-19H,2,6-7,9-10,12-13H2,1H3. The Kier molecular flexibility index (Phi) is 4.38. The summed E-state index contributed by atoms with van der Waals surface area (Å²) in [5, 5.41) is 4.92. The van der Waals surface area contributed by atoms with Gasteiger partial charge in [-0.15, -0.1) is 0 Å². The topological polar surface area (TPSA) is 31.1 Å². The van der Waals surface area contributed by atoms with Crippen molar-refractivity contribution in [1.82, 2.24) is 15.2 Å². The lowest BCUT2D eigenvalue weighted by atomic mass is 9.97. The van der Waals surface area contributed by atoms with Gasteiger partial charge in [0.25, 0.3) is 0 Å². The number of rotatable bonds is 5. The first-order valence-electron chi connectivity index (χ1n) is 7.84. The summed E-state index contributed by atoms with van der Waals surface area (Å²) in [6, 6.07) is 8.79. The summed E-state index contributed by atoms with van der Waals surface area (Å²) < 4.78 is 0. The van der Waals surface area contributed by atoms with Crippen LogP contribution in [-0.2, 0) is 6.54 Å². The number of aromatic amines is 1. The van der Waals surface area contributed by atoms with Crippen molar-refractivity contribution in [2.24, 2.45) is 5.92 Å². The fourth-order valence-electron chi connectivity index (χ4n) is 3.13. The monoisotopic (exact) mass is 271 g/mol. The molecule has 1 aliphatic heterocycles. The van der Waals surface area contributed by atoms with Crippen molar-refractivity contribution in [3.8, 4) is 0 Å². The third-order valence-electron chi connectivity index (χ3n) is 4.54. The molecule has 0 spiro atoms. The first kappa shape index (κ1) is 13.7. The van der Waals surface area contributed by atoms with E-state index in [0.717, 1.165) is 19.0 Å². The Balaban J connectivity index is 1.45. The number of fused-ring (bicyclic) bond motifs is 1. The second-order valence-corrected chi connectivity index (χ2v) is 5.91. The maximum absolute atomic E-state index is 3.63. The summed E-state index contributed by atoms with van der Waals surface area (Å²) >= 11 is 0. The third-order valence-corrected chi connectivity index (χ3v) is 4.54. The van der Waals surface area contributed by atoms with Crippen LogP contribution in [0, 0.1) is 5.92 Å². The van der Waals surface area contributed by atoms with Crippen LogP contribution >= 0.6 is 0 Å². The molecule has 2 aromatic rings. The van der Waals surface area contributed by atoms with Crippen LogP contribution in [-0.4, -0.2) is 36.1 Å². The van der Waals surface area contributed by atoms with E-state index in [0.29, 0.717) is 0 Å². The molecule has 1 saturated heterocycles. The van der Waals surface area contributed by atoms with E-state index in [9.17, 15) is 0 Å². The Bertz CT molecular complexity index is 538. The number of piperidine rings is 1. The molecule has 2 heterocycles. The van der Waals surface area contributed by atoms with Gasteiger partial charge < -0.3 is 15.2 Å². The Hall–Kier alpha value is -1.32. The van der Waals surface area contributed by atoms with Crippen molar-refractivity contribution in [2.45, 2.75) is 26.3 Å². The zero-order valence-corrected chi connectivity index (χ0v) is 12.4. The SMILES string of the molecule is CCN1CCC(CNCc2ccc3cc[nH]c3c2)CC1. The molecule has 1 aromatic heterocycles. The summed E-state index contributed by atoms with van der Waals surface area (Å²) in [4.78, 5) is 5.83. The summed E-state index contributed by atoms with van der Waals surface area (Å²) in [6.07, 6.45) is 4.69. The van der Waals surface area contributed by atoms with Gasteiger partial charge in [-0.1, -0.05) is 19.1 Å². The number of nitrogens with zero attached hydrogens (tertiary/aromatic N) is 1. The number of hydrogen-bond donors (Lipinski definition) is 2. The molecule has 3 nitrogen and oxygen atoms in total. The number of benzene rings is 1. The molecule has 0 unspecified atom stereocenters. The molecule has 108 valence electrons. The molecule has 3 heteroatoms. The van der Waals surface area contributed by atoms with Crippen LogP contribution in [0.25, 0.3) is 10.9 Å². The van der Waals surface area contributed by atoms with Crippen molar-refractivity contribution < 1.29 is 0 Å². The zero-order valence-electron chi connectivity index (χ0n) is 12.4. The summed E-state index contributed by atoms with van der Waals surface area (Å²) in [5.41, 5.74) is 2.60. The van der Waals surface area contributed by atoms with Gasteiger partial charge in [-0.25, -0.2) is 0 Å². The van der Waals surface area contributed by atoms with Gasteiger partial charge in [0.15, 0.2) is 0 Å². The molecule has 0 bridgehead atoms. The lowest BCUT2D eigenvalue weighted by Crippen LogP contribution is -2.36. The second kappa shape index (κ2) is 6.42. The van der Waals surface area contributed by atoms with Gasteiger partial charge in [0.2, 0.25) is 0 Å². The fraction of sp³-hybridized carbons (Fsp3) is 0.529. The lowest BCUT2D eigenvalue weighted by Gasteiger charge is -2.31. The van der Waals surface area contributed by atoms with Crippen LogP contribution in [0.4, 0.5) is 0 Å². The molecular formula is C17H25N3. The fourth-order valence-corrected chi connectivity index (χ4v) is 3.13. The number of nitrogens with one attached hydrogen (secondary N) is 2. The zero-order chi connectivity index (χ0) is 13.8. The van der Waals surface area contributed by atoms with Crippen molar-refractivity contribution in [1.29, 1.82) is 0 Å². The van der Waals surface area contributed by atoms with E-state index in [4.69, 9.17) is 0 Å². The molecular weight excluding hydrogens is 246 g/mol. The van der Waals surface area contributed by atoms with Gasteiger partial charge in [0.1, 0.15) is 0 Å². The highest BCUT2D eigenvalue weighted by Gasteiger charge is 2.17. The van der Waals surface area contributed by atoms with Crippen LogP contribution < -0.4 is 5.32 Å². The van der Waals surface area contributed by atoms with Crippen LogP contribution in [0.1, 0.15) is 25.3 Å². The van der Waals surface area contributed by atoms with Crippen LogP contribution in [0.15, 0.2) is 30.5 Å². The molecule has 0 atom stereocenters. The molecule has 0 saturated carbocycles. The molecule has 1 aliphatic rings. The molecule has 1 aromatic carbocycles. The Labute approximate surface area is 121 Å². The van der Waals surface area contributed by atoms with E-state index >= 15 is 0 Å². The third kappa shape index (κ3) is 3.22. The Morgan fingerprint density at radius 2 is 2.10 bits per heavy atom. The van der Waals surface area contributed by atoms with E-state index in [1.165, 1.54) is 48.9 Å². The highest BCUT2D eigenvalue weighted by Crippen LogP contribution is 2.17. The minimum atomic E-state index is 0.854. The highest BCUT2D eigenvalue weighted by atomic mass is 15.1. The van der Waals surface area contributed by atoms with E-state index in [-0.39, 0.29) is 0 Å². The van der Waals surface area contributed by atoms with Crippen LogP contribution in [0.5, 0.6) is 0 Å². The maximum atomic E-state index is 3.63. The lowest BCUT2D eigenvalue weighted by molar-refractivity contribution is 0.190. The van der Waals surface area contributed by atoms with E-state index < -0.39 is 0 Å².